The van der Waals surface area contributed by atoms with Gasteiger partial charge in [0, 0.05) is 31.0 Å². The number of nitrogens with zero attached hydrogens (tertiary/aromatic N) is 3. The largest absolute Gasteiger partial charge is 0.359 e. The maximum atomic E-state index is 14.8. The number of alkyl halides is 2. The topological polar surface area (TPSA) is 85.4 Å². The SMILES string of the molecule is Cn1cc(Cl)c(C(=O)Nc2ccc(F)c(C3(C)CN(N)COCC3(F)F)c2)n1. The van der Waals surface area contributed by atoms with E-state index in [1.807, 2.05) is 0 Å². The Hall–Kier alpha value is -2.14. The first-order valence-corrected chi connectivity index (χ1v) is 8.67. The molecular formula is C17H19ClF3N5O2. The molecule has 1 amide bonds. The maximum absolute atomic E-state index is 14.8. The molecule has 0 radical (unpaired) electrons. The predicted octanol–water partition coefficient (Wildman–Crippen LogP) is 2.52. The van der Waals surface area contributed by atoms with Gasteiger partial charge in [0.05, 0.1) is 10.4 Å². The number of hydrogen-bond donors (Lipinski definition) is 2. The van der Waals surface area contributed by atoms with E-state index in [4.69, 9.17) is 22.2 Å². The Balaban J connectivity index is 1.97. The molecule has 1 aliphatic rings. The minimum Gasteiger partial charge on any atom is -0.359 e. The molecule has 2 aromatic rings. The van der Waals surface area contributed by atoms with Gasteiger partial charge >= 0.3 is 0 Å². The van der Waals surface area contributed by atoms with Gasteiger partial charge in [-0.15, -0.1) is 0 Å². The molecule has 1 atom stereocenters. The van der Waals surface area contributed by atoms with Gasteiger partial charge in [0.1, 0.15) is 19.2 Å². The Morgan fingerprint density at radius 2 is 2.14 bits per heavy atom. The zero-order valence-corrected chi connectivity index (χ0v) is 15.9. The average molecular weight is 418 g/mol. The zero-order valence-electron chi connectivity index (χ0n) is 15.2. The Morgan fingerprint density at radius 1 is 1.43 bits per heavy atom. The summed E-state index contributed by atoms with van der Waals surface area (Å²) >= 11 is 5.94. The fourth-order valence-corrected chi connectivity index (χ4v) is 3.39. The molecule has 28 heavy (non-hydrogen) atoms. The van der Waals surface area contributed by atoms with Crippen LogP contribution < -0.4 is 11.2 Å². The number of hydrogen-bond acceptors (Lipinski definition) is 5. The number of carbonyl (C=O) groups is 1. The third-order valence-electron chi connectivity index (χ3n) is 4.68. The number of carbonyl (C=O) groups excluding carboxylic acids is 1. The molecule has 1 aromatic heterocycles. The molecule has 3 N–H and O–H groups in total. The number of halogens is 4. The third-order valence-corrected chi connectivity index (χ3v) is 4.96. The van der Waals surface area contributed by atoms with Crippen LogP contribution in [0, 0.1) is 5.82 Å². The Kier molecular flexibility index (Phi) is 5.41. The fourth-order valence-electron chi connectivity index (χ4n) is 3.13. The maximum Gasteiger partial charge on any atom is 0.281 e. The molecule has 1 saturated heterocycles. The summed E-state index contributed by atoms with van der Waals surface area (Å²) in [5, 5.41) is 7.62. The van der Waals surface area contributed by atoms with Gasteiger partial charge in [-0.1, -0.05) is 11.6 Å². The summed E-state index contributed by atoms with van der Waals surface area (Å²) < 4.78 is 50.3. The minimum atomic E-state index is -3.39. The highest BCUT2D eigenvalue weighted by molar-refractivity contribution is 6.34. The predicted molar refractivity (Wildman–Crippen MR) is 96.6 cm³/mol. The normalized spacial score (nSPS) is 22.7. The van der Waals surface area contributed by atoms with Gasteiger partial charge in [-0.25, -0.2) is 18.2 Å². The molecule has 1 unspecified atom stereocenters. The van der Waals surface area contributed by atoms with Crippen molar-refractivity contribution in [2.75, 3.05) is 25.2 Å². The molecule has 3 rings (SSSR count). The van der Waals surface area contributed by atoms with E-state index in [0.29, 0.717) is 0 Å². The van der Waals surface area contributed by atoms with Gasteiger partial charge in [-0.05, 0) is 25.1 Å². The van der Waals surface area contributed by atoms with Gasteiger partial charge in [0.15, 0.2) is 5.69 Å². The van der Waals surface area contributed by atoms with E-state index in [9.17, 15) is 18.0 Å². The van der Waals surface area contributed by atoms with Crippen LogP contribution in [0.4, 0.5) is 18.9 Å². The summed E-state index contributed by atoms with van der Waals surface area (Å²) in [5.74, 6) is 0.806. The van der Waals surface area contributed by atoms with Crippen molar-refractivity contribution in [3.8, 4) is 0 Å². The number of aryl methyl sites for hydroxylation is 1. The number of aromatic nitrogens is 2. The molecule has 11 heteroatoms. The Labute approximate surface area is 164 Å². The van der Waals surface area contributed by atoms with Crippen LogP contribution in [0.15, 0.2) is 24.4 Å². The smallest absolute Gasteiger partial charge is 0.281 e. The molecule has 152 valence electrons. The lowest BCUT2D eigenvalue weighted by atomic mass is 9.76. The summed E-state index contributed by atoms with van der Waals surface area (Å²) in [6, 6.07) is 3.44. The third kappa shape index (κ3) is 3.72. The number of rotatable bonds is 3. The van der Waals surface area contributed by atoms with Crippen LogP contribution in [0.3, 0.4) is 0 Å². The molecule has 7 nitrogen and oxygen atoms in total. The zero-order chi connectivity index (χ0) is 20.7. The van der Waals surface area contributed by atoms with E-state index >= 15 is 0 Å². The molecule has 0 bridgehead atoms. The standard InChI is InChI=1S/C17H19ClF3N5O2/c1-16(7-26(22)9-28-8-17(16,20)21)11-5-10(3-4-13(11)19)23-15(27)14-12(18)6-25(2)24-14/h3-6H,7-9,22H2,1-2H3,(H,23,27). The Morgan fingerprint density at radius 3 is 2.79 bits per heavy atom. The number of amides is 1. The first-order valence-electron chi connectivity index (χ1n) is 8.29. The van der Waals surface area contributed by atoms with Crippen molar-refractivity contribution in [1.29, 1.82) is 0 Å². The minimum absolute atomic E-state index is 0.0393. The fraction of sp³-hybridized carbons (Fsp3) is 0.412. The summed E-state index contributed by atoms with van der Waals surface area (Å²) in [7, 11) is 1.59. The molecule has 1 aromatic carbocycles. The Bertz CT molecular complexity index is 907. The first kappa shape index (κ1) is 20.6. The summed E-state index contributed by atoms with van der Waals surface area (Å²) in [4.78, 5) is 12.4. The molecular weight excluding hydrogens is 399 g/mol. The van der Waals surface area contributed by atoms with E-state index in [-0.39, 0.29) is 35.2 Å². The van der Waals surface area contributed by atoms with Crippen LogP contribution in [0.2, 0.25) is 5.02 Å². The highest BCUT2D eigenvalue weighted by atomic mass is 35.5. The average Bonchev–Trinajstić information content (AvgIpc) is 2.89. The monoisotopic (exact) mass is 417 g/mol. The van der Waals surface area contributed by atoms with Gasteiger partial charge in [-0.2, -0.15) is 5.10 Å². The quantitative estimate of drug-likeness (QED) is 0.749. The summed E-state index contributed by atoms with van der Waals surface area (Å²) in [5.41, 5.74) is -2.19. The molecule has 2 heterocycles. The second kappa shape index (κ2) is 7.36. The summed E-state index contributed by atoms with van der Waals surface area (Å²) in [6.07, 6.45) is 1.44. The number of ether oxygens (including phenoxy) is 1. The number of nitrogens with one attached hydrogen (secondary N) is 1. The van der Waals surface area contributed by atoms with Crippen molar-refractivity contribution in [1.82, 2.24) is 14.8 Å². The van der Waals surface area contributed by atoms with Crippen molar-refractivity contribution in [3.05, 3.63) is 46.5 Å². The number of benzene rings is 1. The molecule has 1 aliphatic heterocycles. The summed E-state index contributed by atoms with van der Waals surface area (Å²) in [6.45, 7) is -0.250. The highest BCUT2D eigenvalue weighted by Gasteiger charge is 2.54. The number of hydrazine groups is 1. The number of nitrogens with two attached hydrogens (primary N) is 1. The highest BCUT2D eigenvalue weighted by Crippen LogP contribution is 2.43. The molecule has 0 aliphatic carbocycles. The lowest BCUT2D eigenvalue weighted by Gasteiger charge is -2.37. The van der Waals surface area contributed by atoms with Crippen LogP contribution >= 0.6 is 11.6 Å². The van der Waals surface area contributed by atoms with Gasteiger partial charge < -0.3 is 10.1 Å². The molecule has 0 saturated carbocycles. The van der Waals surface area contributed by atoms with E-state index in [0.717, 1.165) is 17.1 Å². The van der Waals surface area contributed by atoms with Crippen molar-refractivity contribution in [3.63, 3.8) is 0 Å². The second-order valence-corrected chi connectivity index (χ2v) is 7.32. The van der Waals surface area contributed by atoms with Crippen molar-refractivity contribution >= 4 is 23.2 Å². The van der Waals surface area contributed by atoms with E-state index in [2.05, 4.69) is 10.4 Å². The van der Waals surface area contributed by atoms with Crippen LogP contribution in [-0.2, 0) is 17.2 Å². The van der Waals surface area contributed by atoms with Crippen molar-refractivity contribution in [2.24, 2.45) is 12.9 Å². The van der Waals surface area contributed by atoms with Crippen molar-refractivity contribution in [2.45, 2.75) is 18.3 Å². The van der Waals surface area contributed by atoms with E-state index in [1.54, 1.807) is 7.05 Å². The van der Waals surface area contributed by atoms with E-state index < -0.39 is 29.7 Å². The van der Waals surface area contributed by atoms with Gasteiger partial charge in [-0.3, -0.25) is 15.3 Å². The first-order chi connectivity index (χ1) is 13.0. The van der Waals surface area contributed by atoms with Gasteiger partial charge in [0.25, 0.3) is 11.8 Å². The molecule has 0 spiro atoms. The van der Waals surface area contributed by atoms with Crippen LogP contribution in [0.1, 0.15) is 23.0 Å². The van der Waals surface area contributed by atoms with Crippen LogP contribution in [0.25, 0.3) is 0 Å². The van der Waals surface area contributed by atoms with Crippen molar-refractivity contribution < 1.29 is 22.7 Å². The van der Waals surface area contributed by atoms with Crippen LogP contribution in [-0.4, -0.2) is 46.5 Å². The lowest BCUT2D eigenvalue weighted by molar-refractivity contribution is -0.111. The molecule has 1 fully saturated rings. The second-order valence-electron chi connectivity index (χ2n) is 6.91. The van der Waals surface area contributed by atoms with E-state index in [1.165, 1.54) is 23.9 Å². The number of anilines is 1. The van der Waals surface area contributed by atoms with Crippen LogP contribution in [0.5, 0.6) is 0 Å². The van der Waals surface area contributed by atoms with Gasteiger partial charge in [0.2, 0.25) is 0 Å². The lowest BCUT2D eigenvalue weighted by Crippen LogP contribution is -2.52.